The summed E-state index contributed by atoms with van der Waals surface area (Å²) in [6.07, 6.45) is 7.62. The summed E-state index contributed by atoms with van der Waals surface area (Å²) in [6, 6.07) is 2.83. The van der Waals surface area contributed by atoms with Crippen LogP contribution in [0.15, 0.2) is 0 Å². The van der Waals surface area contributed by atoms with Crippen LogP contribution in [0.25, 0.3) is 0 Å². The molecule has 2 N–H and O–H groups in total. The van der Waals surface area contributed by atoms with Gasteiger partial charge in [0.05, 0.1) is 18.1 Å². The Morgan fingerprint density at radius 3 is 2.69 bits per heavy atom. The lowest BCUT2D eigenvalue weighted by Gasteiger charge is -2.28. The van der Waals surface area contributed by atoms with Gasteiger partial charge in [-0.15, -0.1) is 0 Å². The second kappa shape index (κ2) is 5.65. The van der Waals surface area contributed by atoms with Crippen molar-refractivity contribution in [3.8, 4) is 6.07 Å². The first-order valence-electron chi connectivity index (χ1n) is 6.60. The predicted octanol–water partition coefficient (Wildman–Crippen LogP) is 1.82. The number of nitriles is 1. The highest BCUT2D eigenvalue weighted by Gasteiger charge is 2.27. The summed E-state index contributed by atoms with van der Waals surface area (Å²) in [5.41, 5.74) is 0. The number of hydrogen-bond donors (Lipinski definition) is 2. The molecule has 90 valence electrons. The molecule has 4 unspecified atom stereocenters. The number of aliphatic hydroxyl groups excluding tert-OH is 1. The molecule has 0 aromatic heterocycles. The number of hydrogen-bond acceptors (Lipinski definition) is 3. The van der Waals surface area contributed by atoms with Crippen molar-refractivity contribution in [1.29, 1.82) is 5.26 Å². The highest BCUT2D eigenvalue weighted by Crippen LogP contribution is 2.27. The molecule has 2 saturated carbocycles. The molecule has 2 aliphatic rings. The van der Waals surface area contributed by atoms with Crippen LogP contribution in [0.3, 0.4) is 0 Å². The first-order valence-corrected chi connectivity index (χ1v) is 6.60. The van der Waals surface area contributed by atoms with Gasteiger partial charge < -0.3 is 10.4 Å². The molecule has 4 atom stereocenters. The molecule has 0 heterocycles. The first-order chi connectivity index (χ1) is 7.79. The van der Waals surface area contributed by atoms with Gasteiger partial charge in [-0.1, -0.05) is 12.8 Å². The van der Waals surface area contributed by atoms with E-state index in [4.69, 9.17) is 5.26 Å². The number of nitrogens with one attached hydrogen (secondary N) is 1. The maximum Gasteiger partial charge on any atom is 0.0672 e. The van der Waals surface area contributed by atoms with Crippen LogP contribution in [0.5, 0.6) is 0 Å². The van der Waals surface area contributed by atoms with E-state index in [9.17, 15) is 5.11 Å². The largest absolute Gasteiger partial charge is 0.393 e. The Bertz CT molecular complexity index is 261. The summed E-state index contributed by atoms with van der Waals surface area (Å²) < 4.78 is 0. The smallest absolute Gasteiger partial charge is 0.0672 e. The summed E-state index contributed by atoms with van der Waals surface area (Å²) in [5.74, 6) is 0.830. The topological polar surface area (TPSA) is 56.0 Å². The normalized spacial score (nSPS) is 39.5. The summed E-state index contributed by atoms with van der Waals surface area (Å²) in [6.45, 7) is 0.986. The Hall–Kier alpha value is -0.590. The zero-order valence-electron chi connectivity index (χ0n) is 9.86. The molecule has 0 aliphatic heterocycles. The van der Waals surface area contributed by atoms with Crippen molar-refractivity contribution in [2.45, 2.75) is 57.1 Å². The summed E-state index contributed by atoms with van der Waals surface area (Å²) in [5, 5.41) is 22.1. The van der Waals surface area contributed by atoms with Gasteiger partial charge in [-0.05, 0) is 44.6 Å². The molecule has 16 heavy (non-hydrogen) atoms. The molecule has 3 nitrogen and oxygen atoms in total. The third-order valence-corrected chi connectivity index (χ3v) is 4.11. The quantitative estimate of drug-likeness (QED) is 0.766. The fourth-order valence-electron chi connectivity index (χ4n) is 3.08. The Balaban J connectivity index is 1.74. The van der Waals surface area contributed by atoms with Crippen molar-refractivity contribution in [1.82, 2.24) is 5.32 Å². The molecule has 0 saturated heterocycles. The van der Waals surface area contributed by atoms with Crippen molar-refractivity contribution >= 4 is 0 Å². The van der Waals surface area contributed by atoms with E-state index >= 15 is 0 Å². The van der Waals surface area contributed by atoms with Gasteiger partial charge in [0, 0.05) is 6.04 Å². The fraction of sp³-hybridized carbons (Fsp3) is 0.923. The lowest BCUT2D eigenvalue weighted by molar-refractivity contribution is 0.176. The second-order valence-electron chi connectivity index (χ2n) is 5.37. The molecule has 2 fully saturated rings. The third-order valence-electron chi connectivity index (χ3n) is 4.11. The van der Waals surface area contributed by atoms with Gasteiger partial charge in [-0.25, -0.2) is 0 Å². The number of nitrogens with zero attached hydrogens (tertiary/aromatic N) is 1. The van der Waals surface area contributed by atoms with Crippen LogP contribution in [-0.4, -0.2) is 23.8 Å². The van der Waals surface area contributed by atoms with Crippen LogP contribution in [0.1, 0.15) is 44.9 Å². The van der Waals surface area contributed by atoms with E-state index in [1.54, 1.807) is 0 Å². The van der Waals surface area contributed by atoms with Crippen molar-refractivity contribution in [3.63, 3.8) is 0 Å². The molecule has 3 heteroatoms. The fourth-order valence-corrected chi connectivity index (χ4v) is 3.08. The average molecular weight is 222 g/mol. The van der Waals surface area contributed by atoms with Gasteiger partial charge >= 0.3 is 0 Å². The zero-order valence-corrected chi connectivity index (χ0v) is 9.86. The minimum Gasteiger partial charge on any atom is -0.393 e. The van der Waals surface area contributed by atoms with Gasteiger partial charge in [0.25, 0.3) is 0 Å². The Morgan fingerprint density at radius 1 is 1.19 bits per heavy atom. The Morgan fingerprint density at radius 2 is 2.00 bits per heavy atom. The molecule has 0 aromatic carbocycles. The Labute approximate surface area is 97.8 Å². The Kier molecular flexibility index (Phi) is 4.20. The van der Waals surface area contributed by atoms with Crippen LogP contribution in [0.4, 0.5) is 0 Å². The van der Waals surface area contributed by atoms with E-state index in [2.05, 4.69) is 11.4 Å². The minimum atomic E-state index is -0.0788. The van der Waals surface area contributed by atoms with Gasteiger partial charge in [0.2, 0.25) is 0 Å². The molecular weight excluding hydrogens is 200 g/mol. The van der Waals surface area contributed by atoms with Gasteiger partial charge in [-0.3, -0.25) is 0 Å². The van der Waals surface area contributed by atoms with E-state index in [0.29, 0.717) is 12.0 Å². The van der Waals surface area contributed by atoms with Crippen LogP contribution < -0.4 is 5.32 Å². The molecule has 0 spiro atoms. The molecule has 0 bridgehead atoms. The number of rotatable bonds is 3. The lowest BCUT2D eigenvalue weighted by atomic mass is 9.85. The van der Waals surface area contributed by atoms with Crippen LogP contribution in [0.2, 0.25) is 0 Å². The molecule has 2 aliphatic carbocycles. The SMILES string of the molecule is N#CC1CCCCC1NCC1CCC(O)C1. The minimum absolute atomic E-state index is 0.0788. The highest BCUT2D eigenvalue weighted by atomic mass is 16.3. The van der Waals surface area contributed by atoms with Crippen molar-refractivity contribution < 1.29 is 5.11 Å². The summed E-state index contributed by atoms with van der Waals surface area (Å²) in [7, 11) is 0. The second-order valence-corrected chi connectivity index (χ2v) is 5.37. The maximum atomic E-state index is 9.45. The molecule has 2 rings (SSSR count). The average Bonchev–Trinajstić information content (AvgIpc) is 2.73. The van der Waals surface area contributed by atoms with E-state index in [1.165, 1.54) is 12.8 Å². The van der Waals surface area contributed by atoms with E-state index in [-0.39, 0.29) is 12.0 Å². The van der Waals surface area contributed by atoms with E-state index in [1.807, 2.05) is 0 Å². The van der Waals surface area contributed by atoms with Crippen molar-refractivity contribution in [2.75, 3.05) is 6.54 Å². The molecule has 0 aromatic rings. The number of aliphatic hydroxyl groups is 1. The van der Waals surface area contributed by atoms with E-state index in [0.717, 1.165) is 38.6 Å². The standard InChI is InChI=1S/C13H22N2O/c14-8-11-3-1-2-4-13(11)15-9-10-5-6-12(16)7-10/h10-13,15-16H,1-7,9H2. The van der Waals surface area contributed by atoms with Crippen molar-refractivity contribution in [2.24, 2.45) is 11.8 Å². The summed E-state index contributed by atoms with van der Waals surface area (Å²) in [4.78, 5) is 0. The van der Waals surface area contributed by atoms with E-state index < -0.39 is 0 Å². The van der Waals surface area contributed by atoms with Gasteiger partial charge in [0.15, 0.2) is 0 Å². The summed E-state index contributed by atoms with van der Waals surface area (Å²) >= 11 is 0. The lowest BCUT2D eigenvalue weighted by Crippen LogP contribution is -2.40. The van der Waals surface area contributed by atoms with Crippen LogP contribution in [0, 0.1) is 23.2 Å². The van der Waals surface area contributed by atoms with Crippen molar-refractivity contribution in [3.05, 3.63) is 0 Å². The molecule has 0 amide bonds. The first kappa shape index (κ1) is 11.9. The highest BCUT2D eigenvalue weighted by molar-refractivity contribution is 4.95. The van der Waals surface area contributed by atoms with Crippen LogP contribution >= 0.6 is 0 Å². The molecule has 0 radical (unpaired) electrons. The third kappa shape index (κ3) is 2.96. The monoisotopic (exact) mass is 222 g/mol. The van der Waals surface area contributed by atoms with Crippen LogP contribution in [-0.2, 0) is 0 Å². The predicted molar refractivity (Wildman–Crippen MR) is 62.7 cm³/mol. The maximum absolute atomic E-state index is 9.45. The van der Waals surface area contributed by atoms with Gasteiger partial charge in [0.1, 0.15) is 0 Å². The zero-order chi connectivity index (χ0) is 11.4. The van der Waals surface area contributed by atoms with Gasteiger partial charge in [-0.2, -0.15) is 5.26 Å². The molecular formula is C13H22N2O.